The van der Waals surface area contributed by atoms with E-state index in [0.29, 0.717) is 12.6 Å². The van der Waals surface area contributed by atoms with Crippen molar-refractivity contribution in [2.45, 2.75) is 12.5 Å². The van der Waals surface area contributed by atoms with E-state index in [1.54, 1.807) is 11.3 Å². The molecule has 1 heterocycles. The number of nitrogens with zero attached hydrogens (tertiary/aromatic N) is 2. The molecule has 0 aromatic carbocycles. The molecule has 0 spiro atoms. The number of hydrogen-bond donors (Lipinski definition) is 1. The van der Waals surface area contributed by atoms with Crippen LogP contribution in [0.15, 0.2) is 17.5 Å². The topological polar surface area (TPSA) is 32.5 Å². The highest BCUT2D eigenvalue weighted by Crippen LogP contribution is 2.22. The first kappa shape index (κ1) is 13.6. The predicted molar refractivity (Wildman–Crippen MR) is 71.9 cm³/mol. The normalized spacial score (nSPS) is 13.6. The zero-order valence-corrected chi connectivity index (χ0v) is 11.3. The molecule has 1 aromatic heterocycles. The molecule has 0 saturated carbocycles. The molecule has 0 aliphatic rings. The molecule has 0 fully saturated rings. The van der Waals surface area contributed by atoms with Crippen molar-refractivity contribution in [3.63, 3.8) is 0 Å². The molecular weight excluding hydrogens is 218 g/mol. The number of likely N-dealkylation sites (N-methyl/N-ethyl adjacent to an activating group) is 1. The number of hydrogen-bond acceptors (Lipinski definition) is 4. The van der Waals surface area contributed by atoms with E-state index >= 15 is 0 Å². The van der Waals surface area contributed by atoms with Gasteiger partial charge in [-0.1, -0.05) is 6.07 Å². The van der Waals surface area contributed by atoms with E-state index in [0.717, 1.165) is 13.1 Å². The highest BCUT2D eigenvalue weighted by atomic mass is 32.1. The Morgan fingerprint density at radius 2 is 2.06 bits per heavy atom. The van der Waals surface area contributed by atoms with Crippen molar-refractivity contribution < 1.29 is 0 Å². The van der Waals surface area contributed by atoms with E-state index in [1.807, 2.05) is 0 Å². The Balaban J connectivity index is 2.41. The molecule has 0 aliphatic heterocycles. The maximum atomic E-state index is 5.85. The van der Waals surface area contributed by atoms with E-state index in [4.69, 9.17) is 5.73 Å². The van der Waals surface area contributed by atoms with Gasteiger partial charge < -0.3 is 10.6 Å². The second-order valence-corrected chi connectivity index (χ2v) is 5.38. The Hall–Kier alpha value is -0.420. The van der Waals surface area contributed by atoms with Gasteiger partial charge in [0.25, 0.3) is 0 Å². The van der Waals surface area contributed by atoms with Gasteiger partial charge in [0, 0.05) is 11.4 Å². The van der Waals surface area contributed by atoms with Crippen molar-refractivity contribution in [3.8, 4) is 0 Å². The van der Waals surface area contributed by atoms with Crippen LogP contribution in [0.5, 0.6) is 0 Å². The molecule has 16 heavy (non-hydrogen) atoms. The van der Waals surface area contributed by atoms with Crippen molar-refractivity contribution in [2.75, 3.05) is 40.8 Å². The molecular formula is C12H23N3S. The second-order valence-electron chi connectivity index (χ2n) is 4.40. The third-order valence-corrected chi connectivity index (χ3v) is 3.72. The first-order chi connectivity index (χ1) is 7.65. The molecule has 0 amide bonds. The summed E-state index contributed by atoms with van der Waals surface area (Å²) < 4.78 is 0. The molecule has 0 radical (unpaired) electrons. The van der Waals surface area contributed by atoms with E-state index in [9.17, 15) is 0 Å². The minimum absolute atomic E-state index is 0.377. The Morgan fingerprint density at radius 3 is 2.56 bits per heavy atom. The largest absolute Gasteiger partial charge is 0.329 e. The van der Waals surface area contributed by atoms with E-state index < -0.39 is 0 Å². The Labute approximate surface area is 103 Å². The minimum atomic E-state index is 0.377. The van der Waals surface area contributed by atoms with Crippen LogP contribution in [0.3, 0.4) is 0 Å². The van der Waals surface area contributed by atoms with Gasteiger partial charge in [0.05, 0.1) is 6.04 Å². The Kier molecular flexibility index (Phi) is 5.98. The minimum Gasteiger partial charge on any atom is -0.329 e. The summed E-state index contributed by atoms with van der Waals surface area (Å²) in [7, 11) is 6.38. The van der Waals surface area contributed by atoms with Crippen LogP contribution in [0.4, 0.5) is 0 Å². The third-order valence-electron chi connectivity index (χ3n) is 2.74. The fraction of sp³-hybridized carbons (Fsp3) is 0.667. The second kappa shape index (κ2) is 7.01. The zero-order valence-electron chi connectivity index (χ0n) is 10.5. The van der Waals surface area contributed by atoms with Crippen molar-refractivity contribution in [2.24, 2.45) is 5.73 Å². The van der Waals surface area contributed by atoms with E-state index in [-0.39, 0.29) is 0 Å². The summed E-state index contributed by atoms with van der Waals surface area (Å²) >= 11 is 1.79. The zero-order chi connectivity index (χ0) is 12.0. The molecule has 1 unspecified atom stereocenters. The van der Waals surface area contributed by atoms with E-state index in [1.165, 1.54) is 11.3 Å². The summed E-state index contributed by atoms with van der Waals surface area (Å²) in [4.78, 5) is 5.95. The van der Waals surface area contributed by atoms with Gasteiger partial charge in [-0.3, -0.25) is 4.90 Å². The molecule has 3 nitrogen and oxygen atoms in total. The molecule has 2 N–H and O–H groups in total. The lowest BCUT2D eigenvalue weighted by atomic mass is 10.2. The maximum Gasteiger partial charge on any atom is 0.0561 e. The smallest absolute Gasteiger partial charge is 0.0561 e. The Morgan fingerprint density at radius 1 is 1.31 bits per heavy atom. The quantitative estimate of drug-likeness (QED) is 0.787. The number of nitrogens with two attached hydrogens (primary N) is 1. The molecule has 0 bridgehead atoms. The van der Waals surface area contributed by atoms with Crippen LogP contribution in [0.1, 0.15) is 17.3 Å². The van der Waals surface area contributed by atoms with Crippen molar-refractivity contribution >= 4 is 11.3 Å². The summed E-state index contributed by atoms with van der Waals surface area (Å²) in [6, 6.07) is 4.64. The van der Waals surface area contributed by atoms with Crippen LogP contribution in [0, 0.1) is 0 Å². The average Bonchev–Trinajstić information content (AvgIpc) is 2.71. The van der Waals surface area contributed by atoms with Gasteiger partial charge in [-0.2, -0.15) is 0 Å². The summed E-state index contributed by atoms with van der Waals surface area (Å²) in [6.07, 6.45) is 1.19. The van der Waals surface area contributed by atoms with Crippen LogP contribution in [0.2, 0.25) is 0 Å². The van der Waals surface area contributed by atoms with E-state index in [2.05, 4.69) is 48.5 Å². The summed E-state index contributed by atoms with van der Waals surface area (Å²) in [5.41, 5.74) is 5.85. The van der Waals surface area contributed by atoms with Crippen LogP contribution in [-0.2, 0) is 0 Å². The van der Waals surface area contributed by atoms with Crippen molar-refractivity contribution in [3.05, 3.63) is 22.4 Å². The summed E-state index contributed by atoms with van der Waals surface area (Å²) in [5.74, 6) is 0. The molecule has 92 valence electrons. The van der Waals surface area contributed by atoms with Gasteiger partial charge in [0.15, 0.2) is 0 Å². The number of rotatable bonds is 7. The summed E-state index contributed by atoms with van der Waals surface area (Å²) in [5, 5.41) is 2.12. The molecule has 1 rings (SSSR count). The highest BCUT2D eigenvalue weighted by molar-refractivity contribution is 7.10. The van der Waals surface area contributed by atoms with Gasteiger partial charge >= 0.3 is 0 Å². The fourth-order valence-electron chi connectivity index (χ4n) is 1.79. The van der Waals surface area contributed by atoms with Gasteiger partial charge in [-0.15, -0.1) is 11.3 Å². The predicted octanol–water partition coefficient (Wildman–Crippen LogP) is 1.63. The third kappa shape index (κ3) is 4.22. The lowest BCUT2D eigenvalue weighted by molar-refractivity contribution is 0.238. The molecule has 4 heteroatoms. The molecule has 1 atom stereocenters. The van der Waals surface area contributed by atoms with Gasteiger partial charge in [0.1, 0.15) is 0 Å². The van der Waals surface area contributed by atoms with Crippen molar-refractivity contribution in [1.29, 1.82) is 0 Å². The van der Waals surface area contributed by atoms with Crippen LogP contribution in [-0.4, -0.2) is 50.6 Å². The first-order valence-corrected chi connectivity index (χ1v) is 6.61. The summed E-state index contributed by atoms with van der Waals surface area (Å²) in [6.45, 7) is 2.92. The number of thiophene rings is 1. The van der Waals surface area contributed by atoms with Gasteiger partial charge in [-0.25, -0.2) is 0 Å². The molecule has 0 aliphatic carbocycles. The lowest BCUT2D eigenvalue weighted by Gasteiger charge is -2.26. The Bertz CT molecular complexity index is 272. The lowest BCUT2D eigenvalue weighted by Crippen LogP contribution is -2.32. The van der Waals surface area contributed by atoms with Crippen LogP contribution < -0.4 is 5.73 Å². The maximum absolute atomic E-state index is 5.85. The first-order valence-electron chi connectivity index (χ1n) is 5.73. The molecule has 0 saturated heterocycles. The standard InChI is InChI=1S/C12H23N3S/c1-14(2)7-5-8-15(3)11(10-13)12-6-4-9-16-12/h4,6,9,11H,5,7-8,10,13H2,1-3H3. The average molecular weight is 241 g/mol. The fourth-order valence-corrected chi connectivity index (χ4v) is 2.69. The SMILES string of the molecule is CN(C)CCCN(C)C(CN)c1cccs1. The van der Waals surface area contributed by atoms with Crippen molar-refractivity contribution in [1.82, 2.24) is 9.80 Å². The van der Waals surface area contributed by atoms with Gasteiger partial charge in [-0.05, 0) is 52.1 Å². The molecule has 1 aromatic rings. The van der Waals surface area contributed by atoms with Crippen LogP contribution in [0.25, 0.3) is 0 Å². The van der Waals surface area contributed by atoms with Gasteiger partial charge in [0.2, 0.25) is 0 Å². The highest BCUT2D eigenvalue weighted by Gasteiger charge is 2.15. The monoisotopic (exact) mass is 241 g/mol. The van der Waals surface area contributed by atoms with Crippen LogP contribution >= 0.6 is 11.3 Å².